The van der Waals surface area contributed by atoms with Gasteiger partial charge < -0.3 is 4.74 Å². The minimum Gasteiger partial charge on any atom is -0.449 e. The summed E-state index contributed by atoms with van der Waals surface area (Å²) in [6.45, 7) is 0.140. The van der Waals surface area contributed by atoms with E-state index in [2.05, 4.69) is 20.9 Å². The zero-order valence-corrected chi connectivity index (χ0v) is 38.7. The van der Waals surface area contributed by atoms with E-state index in [1.165, 1.54) is 12.4 Å². The van der Waals surface area contributed by atoms with Gasteiger partial charge in [-0.05, 0) is 40.2 Å². The molecule has 1 aromatic heterocycles. The number of benzene rings is 5. The van der Waals surface area contributed by atoms with Gasteiger partial charge in [0.15, 0.2) is 6.20 Å². The van der Waals surface area contributed by atoms with Crippen molar-refractivity contribution in [3.63, 3.8) is 0 Å². The molecule has 0 aliphatic heterocycles. The number of carbonyl (C=O) groups excluding carboxylic acids is 2. The van der Waals surface area contributed by atoms with Crippen LogP contribution in [-0.4, -0.2) is 28.4 Å². The van der Waals surface area contributed by atoms with E-state index in [1.54, 1.807) is 22.9 Å². The monoisotopic (exact) mass is 1200 g/mol. The molecule has 0 aliphatic carbocycles. The number of rotatable bonds is 9. The molecule has 0 spiro atoms. The summed E-state index contributed by atoms with van der Waals surface area (Å²) in [5.74, 6) is -0.579. The number of ether oxygens (including phenoxy) is 1. The molecule has 5 nitrogen and oxygen atoms in total. The smallest absolute Gasteiger partial charge is 0.416 e. The molecule has 0 unspecified atom stereocenters. The fourth-order valence-corrected chi connectivity index (χ4v) is 7.92. The maximum atomic E-state index is 14.2. The van der Waals surface area contributed by atoms with Crippen LogP contribution in [0.25, 0.3) is 0 Å². The van der Waals surface area contributed by atoms with Gasteiger partial charge in [0, 0.05) is 5.56 Å². The van der Waals surface area contributed by atoms with Crippen molar-refractivity contribution in [2.45, 2.75) is 56.0 Å². The first-order valence-electron chi connectivity index (χ1n) is 20.5. The number of esters is 1. The molecule has 5 aromatic carbocycles. The van der Waals surface area contributed by atoms with Crippen molar-refractivity contribution in [1.82, 2.24) is 4.98 Å². The Hall–Kier alpha value is -6.82. The lowest BCUT2D eigenvalue weighted by Crippen LogP contribution is -2.75. The average molecular weight is 1200 g/mol. The fourth-order valence-electron chi connectivity index (χ4n) is 7.71. The van der Waals surface area contributed by atoms with Crippen LogP contribution in [0.3, 0.4) is 0 Å². The average Bonchev–Trinajstić information content (AvgIpc) is 3.30. The number of halogens is 25. The minimum atomic E-state index is -6.13. The van der Waals surface area contributed by atoms with Crippen LogP contribution in [0.15, 0.2) is 122 Å². The summed E-state index contributed by atoms with van der Waals surface area (Å²) in [6.07, 6.45) is -50.2. The maximum absolute atomic E-state index is 14.2. The molecule has 0 saturated carbocycles. The molecular formula is C46H24BBrF24N2O3. The standard InChI is InChI=1S/C32H12BF24.C14H12BrN2O3/c34-25(35,36)13-1-14(26(37,38)39)6-21(5-13)33(22-7-15(27(40,41)42)2-16(8-22)28(43,44)45,23-9-17(29(46,47)48)3-18(10-23)30(49,50)51)24-11-19(31(52,53)54)4-20(12-24)32(55,56)57;15-10-20-14(19)12-8-17(7-6-16-12)9-13(18)11-4-2-1-3-5-11/h1-12H;1-8H,9-10H2/q-1;+1. The summed E-state index contributed by atoms with van der Waals surface area (Å²) in [4.78, 5) is 27.5. The number of ketones is 1. The van der Waals surface area contributed by atoms with Crippen LogP contribution >= 0.6 is 15.9 Å². The number of carbonyl (C=O) groups is 2. The van der Waals surface area contributed by atoms with Crippen molar-refractivity contribution in [2.75, 3.05) is 5.52 Å². The highest BCUT2D eigenvalue weighted by atomic mass is 79.9. The van der Waals surface area contributed by atoms with Crippen molar-refractivity contribution in [2.24, 2.45) is 0 Å². The van der Waals surface area contributed by atoms with E-state index in [9.17, 15) is 115 Å². The van der Waals surface area contributed by atoms with Crippen LogP contribution in [0.4, 0.5) is 105 Å². The molecule has 31 heteroatoms. The third-order valence-electron chi connectivity index (χ3n) is 11.0. The predicted molar refractivity (Wildman–Crippen MR) is 224 cm³/mol. The van der Waals surface area contributed by atoms with Crippen molar-refractivity contribution in [1.29, 1.82) is 0 Å². The lowest BCUT2D eigenvalue weighted by atomic mass is 9.12. The second-order valence-corrected chi connectivity index (χ2v) is 16.6. The molecule has 0 N–H and O–H groups in total. The van der Waals surface area contributed by atoms with E-state index < -0.39 is 201 Å². The van der Waals surface area contributed by atoms with Crippen LogP contribution in [0.5, 0.6) is 0 Å². The molecule has 0 saturated heterocycles. The van der Waals surface area contributed by atoms with Crippen LogP contribution in [0, 0.1) is 0 Å². The highest BCUT2D eigenvalue weighted by Gasteiger charge is 2.47. The number of hydrogen-bond acceptors (Lipinski definition) is 4. The SMILES string of the molecule is FC(F)(F)c1cc([B-](c2cc(C(F)(F)F)cc(C(F)(F)F)c2)(c2cc(C(F)(F)F)cc(C(F)(F)F)c2)c2cc(C(F)(F)F)cc(C(F)(F)F)c2)cc(C(F)(F)F)c1.O=C(C[n+]1ccnc(C(=O)OCBr)c1)c1ccccc1. The molecular weight excluding hydrogens is 1180 g/mol. The van der Waals surface area contributed by atoms with Gasteiger partial charge >= 0.3 is 55.4 Å². The first kappa shape index (κ1) is 61.0. The number of nitrogens with zero attached hydrogens (tertiary/aromatic N) is 2. The van der Waals surface area contributed by atoms with Crippen molar-refractivity contribution >= 4 is 55.7 Å². The van der Waals surface area contributed by atoms with Gasteiger partial charge in [0.2, 0.25) is 24.2 Å². The topological polar surface area (TPSA) is 60.1 Å². The summed E-state index contributed by atoms with van der Waals surface area (Å²) in [5, 5.41) is 0. The lowest BCUT2D eigenvalue weighted by Gasteiger charge is -2.46. The third kappa shape index (κ3) is 14.6. The van der Waals surface area contributed by atoms with Gasteiger partial charge in [0.05, 0.1) is 50.7 Å². The first-order valence-corrected chi connectivity index (χ1v) is 21.6. The van der Waals surface area contributed by atoms with Crippen LogP contribution < -0.4 is 26.4 Å². The summed E-state index contributed by atoms with van der Waals surface area (Å²) >= 11 is 3.00. The number of hydrogen-bond donors (Lipinski definition) is 0. The quantitative estimate of drug-likeness (QED) is 0.0361. The Morgan fingerprint density at radius 1 is 0.442 bits per heavy atom. The van der Waals surface area contributed by atoms with Gasteiger partial charge in [-0.15, -0.1) is 0 Å². The third-order valence-corrected chi connectivity index (χ3v) is 11.2. The largest absolute Gasteiger partial charge is 0.449 e. The number of Topliss-reactive ketones (excluding diaryl/α,β-unsaturated/α-hetero) is 1. The summed E-state index contributed by atoms with van der Waals surface area (Å²) in [5.41, 5.74) is -29.3. The Kier molecular flexibility index (Phi) is 17.1. The molecule has 0 aliphatic rings. The van der Waals surface area contributed by atoms with E-state index in [4.69, 9.17) is 4.74 Å². The molecule has 0 fully saturated rings. The summed E-state index contributed by atoms with van der Waals surface area (Å²) < 4.78 is 347. The van der Waals surface area contributed by atoms with E-state index >= 15 is 0 Å². The van der Waals surface area contributed by atoms with Crippen molar-refractivity contribution in [3.05, 3.63) is 177 Å². The maximum Gasteiger partial charge on any atom is 0.416 e. The molecule has 6 rings (SSSR count). The van der Waals surface area contributed by atoms with Crippen molar-refractivity contribution < 1.29 is 124 Å². The Balaban J connectivity index is 0.000000455. The first-order chi connectivity index (χ1) is 35.0. The normalized spacial score (nSPS) is 13.2. The molecule has 0 radical (unpaired) electrons. The van der Waals surface area contributed by atoms with Gasteiger partial charge in [-0.25, -0.2) is 9.78 Å². The van der Waals surface area contributed by atoms with Gasteiger partial charge in [0.1, 0.15) is 11.7 Å². The molecule has 0 bridgehead atoms. The molecule has 0 amide bonds. The van der Waals surface area contributed by atoms with Crippen LogP contribution in [0.1, 0.15) is 65.4 Å². The van der Waals surface area contributed by atoms with Crippen LogP contribution in [-0.2, 0) is 60.7 Å². The van der Waals surface area contributed by atoms with Gasteiger partial charge in [-0.2, -0.15) is 132 Å². The van der Waals surface area contributed by atoms with Crippen molar-refractivity contribution in [3.8, 4) is 0 Å². The second kappa shape index (κ2) is 21.5. The van der Waals surface area contributed by atoms with Gasteiger partial charge in [-0.3, -0.25) is 4.79 Å². The zero-order valence-electron chi connectivity index (χ0n) is 37.1. The van der Waals surface area contributed by atoms with Gasteiger partial charge in [-0.1, -0.05) is 78.9 Å². The zero-order chi connectivity index (χ0) is 58.3. The Bertz CT molecular complexity index is 2690. The van der Waals surface area contributed by atoms with E-state index in [0.717, 1.165) is 0 Å². The van der Waals surface area contributed by atoms with E-state index in [1.807, 2.05) is 18.2 Å². The fraction of sp³-hybridized carbons (Fsp3) is 0.217. The highest BCUT2D eigenvalue weighted by Crippen LogP contribution is 2.41. The molecule has 414 valence electrons. The number of aromatic nitrogens is 2. The summed E-state index contributed by atoms with van der Waals surface area (Å²) in [7, 11) is 0. The number of alkyl halides is 25. The Morgan fingerprint density at radius 2 is 0.714 bits per heavy atom. The molecule has 0 atom stereocenters. The molecule has 77 heavy (non-hydrogen) atoms. The molecule has 1 heterocycles. The minimum absolute atomic E-state index is 0.0402. The Labute approximate surface area is 423 Å². The Morgan fingerprint density at radius 3 is 0.961 bits per heavy atom. The lowest BCUT2D eigenvalue weighted by molar-refractivity contribution is -0.683. The van der Waals surface area contributed by atoms with E-state index in [0.29, 0.717) is 5.56 Å². The summed E-state index contributed by atoms with van der Waals surface area (Å²) in [6, 6.07) is 0.167. The predicted octanol–water partition coefficient (Wildman–Crippen LogP) is 13.0. The molecule has 6 aromatic rings. The highest BCUT2D eigenvalue weighted by molar-refractivity contribution is 9.09. The van der Waals surface area contributed by atoms with Gasteiger partial charge in [0.25, 0.3) is 0 Å². The van der Waals surface area contributed by atoms with E-state index in [-0.39, 0.29) is 23.5 Å². The van der Waals surface area contributed by atoms with Crippen LogP contribution in [0.2, 0.25) is 0 Å². The second-order valence-electron chi connectivity index (χ2n) is 16.2.